The zero-order chi connectivity index (χ0) is 17.4. The van der Waals surface area contributed by atoms with Gasteiger partial charge in [0.1, 0.15) is 0 Å². The number of carboxylic acid groups (broad SMARTS) is 1. The Hall–Kier alpha value is -3.02. The number of benzene rings is 2. The number of anilines is 1. The Morgan fingerprint density at radius 2 is 1.96 bits per heavy atom. The highest BCUT2D eigenvalue weighted by Gasteiger charge is 2.04. The summed E-state index contributed by atoms with van der Waals surface area (Å²) in [5.41, 5.74) is 4.64. The number of methoxy groups -OCH3 is 1. The Kier molecular flexibility index (Phi) is 6.19. The number of nitrogens with one attached hydrogen (secondary N) is 1. The fourth-order valence-electron chi connectivity index (χ4n) is 1.96. The molecule has 24 heavy (non-hydrogen) atoms. The normalized spacial score (nSPS) is 10.6. The molecular formula is C18H20N2O4. The lowest BCUT2D eigenvalue weighted by molar-refractivity contribution is 0.0697. The van der Waals surface area contributed by atoms with Gasteiger partial charge in [-0.2, -0.15) is 5.10 Å². The zero-order valence-corrected chi connectivity index (χ0v) is 13.7. The van der Waals surface area contributed by atoms with Crippen molar-refractivity contribution in [3.63, 3.8) is 0 Å². The van der Waals surface area contributed by atoms with Crippen LogP contribution in [0.2, 0.25) is 0 Å². The first kappa shape index (κ1) is 17.3. The van der Waals surface area contributed by atoms with Gasteiger partial charge in [0.15, 0.2) is 11.5 Å². The number of nitrogens with zero attached hydrogens (tertiary/aromatic N) is 1. The van der Waals surface area contributed by atoms with Crippen molar-refractivity contribution in [2.24, 2.45) is 5.10 Å². The second-order valence-electron chi connectivity index (χ2n) is 5.01. The van der Waals surface area contributed by atoms with E-state index in [1.165, 1.54) is 12.1 Å². The molecule has 0 aliphatic rings. The Bertz CT molecular complexity index is 711. The summed E-state index contributed by atoms with van der Waals surface area (Å²) in [6.07, 6.45) is 2.58. The Balaban J connectivity index is 2.01. The number of hydrazone groups is 1. The zero-order valence-electron chi connectivity index (χ0n) is 13.7. The van der Waals surface area contributed by atoms with E-state index in [2.05, 4.69) is 10.5 Å². The number of rotatable bonds is 8. The topological polar surface area (TPSA) is 80.2 Å². The Labute approximate surface area is 140 Å². The molecule has 6 nitrogen and oxygen atoms in total. The smallest absolute Gasteiger partial charge is 0.335 e. The lowest BCUT2D eigenvalue weighted by atomic mass is 10.2. The van der Waals surface area contributed by atoms with Gasteiger partial charge in [-0.1, -0.05) is 6.92 Å². The average molecular weight is 328 g/mol. The van der Waals surface area contributed by atoms with Gasteiger partial charge < -0.3 is 14.6 Å². The monoisotopic (exact) mass is 328 g/mol. The number of hydrogen-bond donors (Lipinski definition) is 2. The van der Waals surface area contributed by atoms with Crippen LogP contribution in [0, 0.1) is 0 Å². The standard InChI is InChI=1S/C18H20N2O4/c1-3-10-24-16-9-4-13(11-17(16)23-2)12-19-20-15-7-5-14(6-8-15)18(21)22/h4-9,11-12,20H,3,10H2,1-2H3,(H,21,22)/b19-12+. The summed E-state index contributed by atoms with van der Waals surface area (Å²) in [4.78, 5) is 10.8. The Morgan fingerprint density at radius 1 is 1.21 bits per heavy atom. The minimum atomic E-state index is -0.956. The summed E-state index contributed by atoms with van der Waals surface area (Å²) in [6, 6.07) is 11.9. The third-order valence-electron chi connectivity index (χ3n) is 3.19. The molecule has 2 aromatic carbocycles. The molecule has 0 amide bonds. The largest absolute Gasteiger partial charge is 0.493 e. The van der Waals surface area contributed by atoms with Gasteiger partial charge in [0.05, 0.1) is 31.2 Å². The maximum Gasteiger partial charge on any atom is 0.335 e. The first-order valence-electron chi connectivity index (χ1n) is 7.57. The van der Waals surface area contributed by atoms with Crippen LogP contribution in [-0.4, -0.2) is 31.0 Å². The highest BCUT2D eigenvalue weighted by molar-refractivity contribution is 5.88. The van der Waals surface area contributed by atoms with E-state index in [1.807, 2.05) is 25.1 Å². The summed E-state index contributed by atoms with van der Waals surface area (Å²) in [6.45, 7) is 2.68. The molecule has 0 radical (unpaired) electrons. The summed E-state index contributed by atoms with van der Waals surface area (Å²) in [5.74, 6) is 0.398. The predicted octanol–water partition coefficient (Wildman–Crippen LogP) is 3.63. The molecule has 0 fully saturated rings. The molecule has 0 atom stereocenters. The van der Waals surface area contributed by atoms with Crippen molar-refractivity contribution < 1.29 is 19.4 Å². The summed E-state index contributed by atoms with van der Waals surface area (Å²) < 4.78 is 10.9. The first-order chi connectivity index (χ1) is 11.6. The van der Waals surface area contributed by atoms with Crippen molar-refractivity contribution in [2.45, 2.75) is 13.3 Å². The van der Waals surface area contributed by atoms with E-state index < -0.39 is 5.97 Å². The molecule has 2 N–H and O–H groups in total. The molecule has 0 saturated carbocycles. The van der Waals surface area contributed by atoms with Crippen molar-refractivity contribution in [3.05, 3.63) is 53.6 Å². The second-order valence-corrected chi connectivity index (χ2v) is 5.01. The molecule has 0 bridgehead atoms. The number of ether oxygens (including phenoxy) is 2. The van der Waals surface area contributed by atoms with Crippen LogP contribution in [0.4, 0.5) is 5.69 Å². The van der Waals surface area contributed by atoms with Crippen molar-refractivity contribution in [1.82, 2.24) is 0 Å². The molecule has 0 aromatic heterocycles. The maximum absolute atomic E-state index is 10.8. The van der Waals surface area contributed by atoms with Crippen LogP contribution in [0.1, 0.15) is 29.3 Å². The van der Waals surface area contributed by atoms with Crippen molar-refractivity contribution in [3.8, 4) is 11.5 Å². The highest BCUT2D eigenvalue weighted by atomic mass is 16.5. The van der Waals surface area contributed by atoms with Gasteiger partial charge >= 0.3 is 5.97 Å². The molecule has 6 heteroatoms. The lowest BCUT2D eigenvalue weighted by Crippen LogP contribution is -1.99. The molecule has 0 unspecified atom stereocenters. The molecular weight excluding hydrogens is 308 g/mol. The van der Waals surface area contributed by atoms with Crippen LogP contribution in [0.25, 0.3) is 0 Å². The van der Waals surface area contributed by atoms with Gasteiger partial charge in [0.2, 0.25) is 0 Å². The van der Waals surface area contributed by atoms with E-state index in [-0.39, 0.29) is 5.56 Å². The summed E-state index contributed by atoms with van der Waals surface area (Å²) in [5, 5.41) is 13.0. The molecule has 0 spiro atoms. The van der Waals surface area contributed by atoms with Gasteiger partial charge in [0, 0.05) is 0 Å². The third kappa shape index (κ3) is 4.74. The third-order valence-corrected chi connectivity index (χ3v) is 3.19. The summed E-state index contributed by atoms with van der Waals surface area (Å²) in [7, 11) is 1.59. The fourth-order valence-corrected chi connectivity index (χ4v) is 1.96. The van der Waals surface area contributed by atoms with Crippen molar-refractivity contribution in [2.75, 3.05) is 19.1 Å². The van der Waals surface area contributed by atoms with Crippen LogP contribution >= 0.6 is 0 Å². The van der Waals surface area contributed by atoms with Gasteiger partial charge in [-0.05, 0) is 54.4 Å². The van der Waals surface area contributed by atoms with E-state index in [4.69, 9.17) is 14.6 Å². The van der Waals surface area contributed by atoms with E-state index in [0.717, 1.165) is 12.0 Å². The van der Waals surface area contributed by atoms with Crippen molar-refractivity contribution in [1.29, 1.82) is 0 Å². The molecule has 126 valence electrons. The Morgan fingerprint density at radius 3 is 2.58 bits per heavy atom. The fraction of sp³-hybridized carbons (Fsp3) is 0.222. The lowest BCUT2D eigenvalue weighted by Gasteiger charge is -2.10. The van der Waals surface area contributed by atoms with Gasteiger partial charge in [-0.3, -0.25) is 5.43 Å². The molecule has 0 aliphatic heterocycles. The molecule has 2 aromatic rings. The first-order valence-corrected chi connectivity index (χ1v) is 7.57. The summed E-state index contributed by atoms with van der Waals surface area (Å²) >= 11 is 0. The van der Waals surface area contributed by atoms with E-state index in [9.17, 15) is 4.79 Å². The maximum atomic E-state index is 10.8. The van der Waals surface area contributed by atoms with Gasteiger partial charge in [0.25, 0.3) is 0 Å². The van der Waals surface area contributed by atoms with Crippen LogP contribution < -0.4 is 14.9 Å². The van der Waals surface area contributed by atoms with E-state index in [1.54, 1.807) is 25.5 Å². The van der Waals surface area contributed by atoms with E-state index in [0.29, 0.717) is 23.8 Å². The quantitative estimate of drug-likeness (QED) is 0.571. The van der Waals surface area contributed by atoms with E-state index >= 15 is 0 Å². The van der Waals surface area contributed by atoms with Crippen LogP contribution in [-0.2, 0) is 0 Å². The number of aromatic carboxylic acids is 1. The van der Waals surface area contributed by atoms with Crippen LogP contribution in [0.15, 0.2) is 47.6 Å². The highest BCUT2D eigenvalue weighted by Crippen LogP contribution is 2.27. The van der Waals surface area contributed by atoms with Gasteiger partial charge in [-0.25, -0.2) is 4.79 Å². The minimum absolute atomic E-state index is 0.233. The predicted molar refractivity (Wildman–Crippen MR) is 93.4 cm³/mol. The van der Waals surface area contributed by atoms with Crippen LogP contribution in [0.3, 0.4) is 0 Å². The van der Waals surface area contributed by atoms with Crippen molar-refractivity contribution >= 4 is 17.9 Å². The molecule has 0 aliphatic carbocycles. The SMILES string of the molecule is CCCOc1ccc(/C=N/Nc2ccc(C(=O)O)cc2)cc1OC. The molecule has 0 saturated heterocycles. The number of hydrogen-bond acceptors (Lipinski definition) is 5. The number of carboxylic acids is 1. The second kappa shape index (κ2) is 8.57. The van der Waals surface area contributed by atoms with Gasteiger partial charge in [-0.15, -0.1) is 0 Å². The molecule has 2 rings (SSSR count). The van der Waals surface area contributed by atoms with Crippen LogP contribution in [0.5, 0.6) is 11.5 Å². The average Bonchev–Trinajstić information content (AvgIpc) is 2.60. The molecule has 0 heterocycles. The minimum Gasteiger partial charge on any atom is -0.493 e. The number of carbonyl (C=O) groups is 1.